The van der Waals surface area contributed by atoms with Gasteiger partial charge in [0.1, 0.15) is 5.56 Å². The van der Waals surface area contributed by atoms with E-state index in [9.17, 15) is 0 Å². The number of allylic oxidation sites excluding steroid dienone is 2. The molecular formula is C18H15+. The third kappa shape index (κ3) is 1.51. The van der Waals surface area contributed by atoms with Crippen molar-refractivity contribution in [2.45, 2.75) is 32.1 Å². The van der Waals surface area contributed by atoms with Crippen molar-refractivity contribution in [3.05, 3.63) is 52.6 Å². The highest BCUT2D eigenvalue weighted by Crippen LogP contribution is 2.49. The van der Waals surface area contributed by atoms with Crippen molar-refractivity contribution >= 4 is 0 Å². The second-order valence-corrected chi connectivity index (χ2v) is 5.29. The highest BCUT2D eigenvalue weighted by atomic mass is 14.3. The van der Waals surface area contributed by atoms with Gasteiger partial charge in [-0.2, -0.15) is 0 Å². The molecule has 0 atom stereocenters. The fourth-order valence-electron chi connectivity index (χ4n) is 3.04. The first-order valence-corrected chi connectivity index (χ1v) is 6.83. The Morgan fingerprint density at radius 1 is 1.11 bits per heavy atom. The molecule has 0 saturated carbocycles. The van der Waals surface area contributed by atoms with Gasteiger partial charge in [-0.25, -0.2) is 0 Å². The van der Waals surface area contributed by atoms with E-state index in [2.05, 4.69) is 42.2 Å². The topological polar surface area (TPSA) is 0 Å². The van der Waals surface area contributed by atoms with Crippen molar-refractivity contribution in [1.29, 1.82) is 0 Å². The summed E-state index contributed by atoms with van der Waals surface area (Å²) in [6, 6.07) is 8.72. The van der Waals surface area contributed by atoms with Crippen LogP contribution in [0.4, 0.5) is 0 Å². The SMILES string of the molecule is C(#C[c+]1c2c1-c1ccccc1C2)C1=CCCCC1. The molecule has 0 aliphatic heterocycles. The van der Waals surface area contributed by atoms with Crippen LogP contribution < -0.4 is 0 Å². The number of hydrogen-bond donors (Lipinski definition) is 0. The maximum atomic E-state index is 3.39. The molecule has 0 radical (unpaired) electrons. The lowest BCUT2D eigenvalue weighted by molar-refractivity contribution is 0.715. The van der Waals surface area contributed by atoms with Crippen molar-refractivity contribution in [1.82, 2.24) is 0 Å². The minimum atomic E-state index is 1.11. The summed E-state index contributed by atoms with van der Waals surface area (Å²) in [6.45, 7) is 0. The quantitative estimate of drug-likeness (QED) is 0.400. The van der Waals surface area contributed by atoms with Gasteiger partial charge >= 0.3 is 0 Å². The van der Waals surface area contributed by atoms with Crippen molar-refractivity contribution in [3.8, 4) is 23.0 Å². The van der Waals surface area contributed by atoms with E-state index in [0.29, 0.717) is 0 Å². The van der Waals surface area contributed by atoms with Crippen LogP contribution >= 0.6 is 0 Å². The number of fused-ring (bicyclic) bond motifs is 3. The molecule has 0 unspecified atom stereocenters. The number of rotatable bonds is 0. The van der Waals surface area contributed by atoms with Crippen LogP contribution in [0.1, 0.15) is 42.4 Å². The summed E-state index contributed by atoms with van der Waals surface area (Å²) >= 11 is 0. The molecular weight excluding hydrogens is 216 g/mol. The van der Waals surface area contributed by atoms with E-state index in [1.807, 2.05) is 0 Å². The Hall–Kier alpha value is -1.87. The molecule has 0 amide bonds. The van der Waals surface area contributed by atoms with Crippen LogP contribution in [0.2, 0.25) is 0 Å². The van der Waals surface area contributed by atoms with Crippen LogP contribution in [0, 0.1) is 11.8 Å². The smallest absolute Gasteiger partial charge is 0.0643 e. The molecule has 0 heteroatoms. The molecule has 86 valence electrons. The lowest BCUT2D eigenvalue weighted by Gasteiger charge is -2.03. The van der Waals surface area contributed by atoms with Gasteiger partial charge in [0.25, 0.3) is 0 Å². The Morgan fingerprint density at radius 3 is 2.94 bits per heavy atom. The van der Waals surface area contributed by atoms with Gasteiger partial charge in [-0.3, -0.25) is 0 Å². The standard InChI is InChI=1S/C18H15/c1-2-6-13(7-3-1)10-11-16-17-12-14-8-4-5-9-15(14)18(16)17/h4-6,8-9H,1-3,7,12H2/q+1. The minimum Gasteiger partial charge on any atom is -0.0643 e. The molecule has 0 N–H and O–H groups in total. The number of benzene rings is 1. The molecule has 0 spiro atoms. The first-order valence-electron chi connectivity index (χ1n) is 6.83. The van der Waals surface area contributed by atoms with Crippen LogP contribution in [0.3, 0.4) is 0 Å². The lowest BCUT2D eigenvalue weighted by atomic mass is 10.00. The predicted octanol–water partition coefficient (Wildman–Crippen LogP) is 4.27. The van der Waals surface area contributed by atoms with Gasteiger partial charge in [0.15, 0.2) is 11.1 Å². The van der Waals surface area contributed by atoms with Gasteiger partial charge in [0.05, 0.1) is 12.0 Å². The maximum absolute atomic E-state index is 3.39. The van der Waals surface area contributed by atoms with Gasteiger partial charge in [0, 0.05) is 23.0 Å². The highest BCUT2D eigenvalue weighted by molar-refractivity contribution is 5.94. The molecule has 0 bridgehead atoms. The van der Waals surface area contributed by atoms with E-state index >= 15 is 0 Å². The molecule has 2 aromatic rings. The lowest BCUT2D eigenvalue weighted by Crippen LogP contribution is -1.88. The summed E-state index contributed by atoms with van der Waals surface area (Å²) in [5.74, 6) is 6.77. The van der Waals surface area contributed by atoms with E-state index in [4.69, 9.17) is 0 Å². The summed E-state index contributed by atoms with van der Waals surface area (Å²) < 4.78 is 0. The van der Waals surface area contributed by atoms with Gasteiger partial charge in [-0.05, 0) is 37.8 Å². The van der Waals surface area contributed by atoms with Gasteiger partial charge < -0.3 is 0 Å². The summed E-state index contributed by atoms with van der Waals surface area (Å²) in [5.41, 5.74) is 8.54. The van der Waals surface area contributed by atoms with Crippen molar-refractivity contribution in [3.63, 3.8) is 0 Å². The van der Waals surface area contributed by atoms with Crippen LogP contribution in [0.5, 0.6) is 0 Å². The molecule has 0 aromatic heterocycles. The van der Waals surface area contributed by atoms with Gasteiger partial charge in [0.2, 0.25) is 0 Å². The van der Waals surface area contributed by atoms with Crippen LogP contribution in [0.25, 0.3) is 11.1 Å². The molecule has 0 heterocycles. The fourth-order valence-corrected chi connectivity index (χ4v) is 3.04. The Balaban J connectivity index is 1.61. The summed E-state index contributed by atoms with van der Waals surface area (Å²) in [5, 5.41) is 0. The summed E-state index contributed by atoms with van der Waals surface area (Å²) in [7, 11) is 0. The molecule has 0 nitrogen and oxygen atoms in total. The van der Waals surface area contributed by atoms with Crippen molar-refractivity contribution in [2.24, 2.45) is 0 Å². The summed E-state index contributed by atoms with van der Waals surface area (Å²) in [6.07, 6.45) is 8.47. The summed E-state index contributed by atoms with van der Waals surface area (Å²) in [4.78, 5) is 0. The van der Waals surface area contributed by atoms with Crippen LogP contribution in [0.15, 0.2) is 35.9 Å². The Bertz CT molecular complexity index is 670. The molecule has 0 saturated heterocycles. The molecule has 2 aliphatic carbocycles. The molecule has 0 fully saturated rings. The zero-order valence-electron chi connectivity index (χ0n) is 10.4. The third-order valence-corrected chi connectivity index (χ3v) is 4.08. The third-order valence-electron chi connectivity index (χ3n) is 4.08. The van der Waals surface area contributed by atoms with Gasteiger partial charge in [-0.15, -0.1) is 0 Å². The predicted molar refractivity (Wildman–Crippen MR) is 74.9 cm³/mol. The molecule has 2 aromatic carbocycles. The molecule has 18 heavy (non-hydrogen) atoms. The van der Waals surface area contributed by atoms with E-state index in [1.165, 1.54) is 59.1 Å². The molecule has 2 aliphatic rings. The largest absolute Gasteiger partial charge is 0.183 e. The maximum Gasteiger partial charge on any atom is 0.183 e. The Kier molecular flexibility index (Phi) is 2.14. The normalized spacial score (nSPS) is 16.8. The number of hydrogen-bond acceptors (Lipinski definition) is 0. The fraction of sp³-hybridized carbons (Fsp3) is 0.278. The zero-order chi connectivity index (χ0) is 11.9. The van der Waals surface area contributed by atoms with Crippen molar-refractivity contribution < 1.29 is 0 Å². The first kappa shape index (κ1) is 10.1. The molecule has 4 rings (SSSR count). The zero-order valence-corrected chi connectivity index (χ0v) is 10.4. The van der Waals surface area contributed by atoms with E-state index in [0.717, 1.165) is 6.42 Å². The average Bonchev–Trinajstić information content (AvgIpc) is 2.97. The van der Waals surface area contributed by atoms with Crippen molar-refractivity contribution in [2.75, 3.05) is 0 Å². The Morgan fingerprint density at radius 2 is 2.06 bits per heavy atom. The van der Waals surface area contributed by atoms with Crippen LogP contribution in [-0.4, -0.2) is 0 Å². The first-order chi connectivity index (χ1) is 8.93. The Labute approximate surface area is 108 Å². The minimum absolute atomic E-state index is 1.11. The van der Waals surface area contributed by atoms with Crippen LogP contribution in [-0.2, 0) is 6.42 Å². The van der Waals surface area contributed by atoms with Gasteiger partial charge in [-0.1, -0.05) is 18.2 Å². The monoisotopic (exact) mass is 231 g/mol. The highest BCUT2D eigenvalue weighted by Gasteiger charge is 2.43. The average molecular weight is 231 g/mol. The second-order valence-electron chi connectivity index (χ2n) is 5.29. The van der Waals surface area contributed by atoms with E-state index in [-0.39, 0.29) is 0 Å². The van der Waals surface area contributed by atoms with E-state index in [1.54, 1.807) is 0 Å². The van der Waals surface area contributed by atoms with E-state index < -0.39 is 0 Å². The second kappa shape index (κ2) is 3.82.